The molecule has 1 heterocycles. The van der Waals surface area contributed by atoms with Crippen molar-refractivity contribution in [3.63, 3.8) is 0 Å². The second-order valence-corrected chi connectivity index (χ2v) is 5.77. The largest absolute Gasteiger partial charge is 0.389 e. The van der Waals surface area contributed by atoms with Crippen LogP contribution < -0.4 is 0 Å². The van der Waals surface area contributed by atoms with Crippen LogP contribution in [0.3, 0.4) is 0 Å². The Morgan fingerprint density at radius 3 is 2.29 bits per heavy atom. The number of piperidine rings is 1. The number of likely N-dealkylation sites (tertiary alicyclic amines) is 1. The first-order valence-electron chi connectivity index (χ1n) is 7.17. The highest BCUT2D eigenvalue weighted by molar-refractivity contribution is 5.14. The summed E-state index contributed by atoms with van der Waals surface area (Å²) in [5, 5.41) is 9.28. The van der Waals surface area contributed by atoms with Crippen molar-refractivity contribution in [3.8, 4) is 6.07 Å². The lowest BCUT2D eigenvalue weighted by atomic mass is 9.76. The van der Waals surface area contributed by atoms with Gasteiger partial charge in [-0.25, -0.2) is 0 Å². The lowest BCUT2D eigenvalue weighted by molar-refractivity contribution is -0.140. The molecule has 1 fully saturated rings. The smallest absolute Gasteiger partial charge is 0.299 e. The van der Waals surface area contributed by atoms with Gasteiger partial charge in [0.1, 0.15) is 0 Å². The Kier molecular flexibility index (Phi) is 4.89. The molecular weight excluding hydrogens is 277 g/mol. The van der Waals surface area contributed by atoms with E-state index in [-0.39, 0.29) is 6.42 Å². The van der Waals surface area contributed by atoms with Gasteiger partial charge in [-0.3, -0.25) is 4.90 Å². The maximum absolute atomic E-state index is 12.4. The lowest BCUT2D eigenvalue weighted by Gasteiger charge is -2.37. The van der Waals surface area contributed by atoms with E-state index >= 15 is 0 Å². The van der Waals surface area contributed by atoms with Crippen LogP contribution >= 0.6 is 0 Å². The first kappa shape index (κ1) is 15.8. The number of hydrogen-bond acceptors (Lipinski definition) is 2. The molecule has 0 spiro atoms. The van der Waals surface area contributed by atoms with Gasteiger partial charge in [-0.1, -0.05) is 30.3 Å². The van der Waals surface area contributed by atoms with E-state index in [4.69, 9.17) is 0 Å². The zero-order chi connectivity index (χ0) is 15.3. The molecule has 21 heavy (non-hydrogen) atoms. The zero-order valence-electron chi connectivity index (χ0n) is 11.9. The average Bonchev–Trinajstić information content (AvgIpc) is 2.47. The summed E-state index contributed by atoms with van der Waals surface area (Å²) >= 11 is 0. The molecule has 1 saturated heterocycles. The molecular formula is C16H19F3N2. The summed E-state index contributed by atoms with van der Waals surface area (Å²) in [7, 11) is 0. The molecule has 0 N–H and O–H groups in total. The van der Waals surface area contributed by atoms with E-state index in [2.05, 4.69) is 11.0 Å². The van der Waals surface area contributed by atoms with Crippen LogP contribution in [0.2, 0.25) is 0 Å². The molecule has 1 aromatic carbocycles. The third-order valence-electron chi connectivity index (χ3n) is 4.19. The molecule has 0 saturated carbocycles. The normalized spacial score (nSPS) is 19.1. The monoisotopic (exact) mass is 296 g/mol. The van der Waals surface area contributed by atoms with E-state index < -0.39 is 18.0 Å². The first-order chi connectivity index (χ1) is 9.92. The van der Waals surface area contributed by atoms with Crippen molar-refractivity contribution in [2.45, 2.75) is 38.4 Å². The van der Waals surface area contributed by atoms with Gasteiger partial charge in [-0.2, -0.15) is 18.4 Å². The van der Waals surface area contributed by atoms with Crippen molar-refractivity contribution in [1.82, 2.24) is 4.90 Å². The third-order valence-corrected chi connectivity index (χ3v) is 4.19. The van der Waals surface area contributed by atoms with Crippen LogP contribution in [0.5, 0.6) is 0 Å². The number of nitrogens with zero attached hydrogens (tertiary/aromatic N) is 2. The van der Waals surface area contributed by atoms with E-state index in [9.17, 15) is 18.4 Å². The second kappa shape index (κ2) is 6.48. The van der Waals surface area contributed by atoms with E-state index in [1.807, 2.05) is 30.3 Å². The van der Waals surface area contributed by atoms with Gasteiger partial charge in [0.25, 0.3) is 0 Å². The summed E-state index contributed by atoms with van der Waals surface area (Å²) < 4.78 is 37.1. The molecule has 0 atom stereocenters. The van der Waals surface area contributed by atoms with Crippen LogP contribution in [0.4, 0.5) is 13.2 Å². The van der Waals surface area contributed by atoms with Crippen LogP contribution in [-0.2, 0) is 6.54 Å². The van der Waals surface area contributed by atoms with Gasteiger partial charge in [0.05, 0.1) is 11.5 Å². The van der Waals surface area contributed by atoms with Crippen LogP contribution in [0.15, 0.2) is 30.3 Å². The Hall–Kier alpha value is -1.54. The van der Waals surface area contributed by atoms with Crippen LogP contribution in [0, 0.1) is 16.7 Å². The van der Waals surface area contributed by atoms with Gasteiger partial charge < -0.3 is 0 Å². The molecule has 0 aromatic heterocycles. The third kappa shape index (κ3) is 4.75. The lowest BCUT2D eigenvalue weighted by Crippen LogP contribution is -2.39. The van der Waals surface area contributed by atoms with E-state index in [0.717, 1.165) is 6.54 Å². The van der Waals surface area contributed by atoms with Crippen LogP contribution in [0.25, 0.3) is 0 Å². The van der Waals surface area contributed by atoms with E-state index in [1.165, 1.54) is 5.56 Å². The standard InChI is InChI=1S/C16H19F3N2/c17-16(18,19)7-6-15(13-20)8-10-21(11-9-15)12-14-4-2-1-3-5-14/h1-5H,6-12H2. The molecule has 2 nitrogen and oxygen atoms in total. The predicted octanol–water partition coefficient (Wildman–Crippen LogP) is 4.13. The van der Waals surface area contributed by atoms with Gasteiger partial charge >= 0.3 is 6.18 Å². The molecule has 1 aromatic rings. The van der Waals surface area contributed by atoms with Gasteiger partial charge in [-0.05, 0) is 24.8 Å². The van der Waals surface area contributed by atoms with Crippen LogP contribution in [0.1, 0.15) is 31.2 Å². The van der Waals surface area contributed by atoms with Gasteiger partial charge in [0.2, 0.25) is 0 Å². The summed E-state index contributed by atoms with van der Waals surface area (Å²) in [6.07, 6.45) is -4.07. The van der Waals surface area contributed by atoms with Gasteiger partial charge in [-0.15, -0.1) is 0 Å². The SMILES string of the molecule is N#CC1(CCC(F)(F)F)CCN(Cc2ccccc2)CC1. The average molecular weight is 296 g/mol. The quantitative estimate of drug-likeness (QED) is 0.835. The van der Waals surface area contributed by atoms with E-state index in [1.54, 1.807) is 0 Å². The van der Waals surface area contributed by atoms with Crippen molar-refractivity contribution < 1.29 is 13.2 Å². The summed E-state index contributed by atoms with van der Waals surface area (Å²) in [4.78, 5) is 2.21. The molecule has 0 unspecified atom stereocenters. The fourth-order valence-electron chi connectivity index (χ4n) is 2.78. The van der Waals surface area contributed by atoms with Crippen molar-refractivity contribution >= 4 is 0 Å². The Bertz CT molecular complexity index is 482. The molecule has 0 radical (unpaired) electrons. The number of hydrogen-bond donors (Lipinski definition) is 0. The minimum Gasteiger partial charge on any atom is -0.299 e. The van der Waals surface area contributed by atoms with Gasteiger partial charge in [0, 0.05) is 26.1 Å². The molecule has 114 valence electrons. The summed E-state index contributed by atoms with van der Waals surface area (Å²) in [5.74, 6) is 0. The second-order valence-electron chi connectivity index (χ2n) is 5.77. The number of alkyl halides is 3. The van der Waals surface area contributed by atoms with Crippen molar-refractivity contribution in [3.05, 3.63) is 35.9 Å². The minimum absolute atomic E-state index is 0.0772. The van der Waals surface area contributed by atoms with Crippen LogP contribution in [-0.4, -0.2) is 24.2 Å². The number of rotatable bonds is 4. The Morgan fingerprint density at radius 1 is 1.14 bits per heavy atom. The van der Waals surface area contributed by atoms with E-state index in [0.29, 0.717) is 25.9 Å². The highest BCUT2D eigenvalue weighted by atomic mass is 19.4. The van der Waals surface area contributed by atoms with Crippen molar-refractivity contribution in [2.24, 2.45) is 5.41 Å². The minimum atomic E-state index is -4.18. The molecule has 0 amide bonds. The van der Waals surface area contributed by atoms with Crippen molar-refractivity contribution in [1.29, 1.82) is 5.26 Å². The molecule has 0 bridgehead atoms. The molecule has 1 aliphatic rings. The number of halogens is 3. The maximum Gasteiger partial charge on any atom is 0.389 e. The molecule has 2 rings (SSSR count). The van der Waals surface area contributed by atoms with Crippen molar-refractivity contribution in [2.75, 3.05) is 13.1 Å². The summed E-state index contributed by atoms with van der Waals surface area (Å²) in [5.41, 5.74) is 0.389. The zero-order valence-corrected chi connectivity index (χ0v) is 11.9. The van der Waals surface area contributed by atoms with Gasteiger partial charge in [0.15, 0.2) is 0 Å². The summed E-state index contributed by atoms with van der Waals surface area (Å²) in [6.45, 7) is 2.16. The Morgan fingerprint density at radius 2 is 1.76 bits per heavy atom. The number of nitriles is 1. The molecule has 1 aliphatic heterocycles. The number of benzene rings is 1. The maximum atomic E-state index is 12.4. The summed E-state index contributed by atoms with van der Waals surface area (Å²) in [6, 6.07) is 12.1. The fraction of sp³-hybridized carbons (Fsp3) is 0.562. The fourth-order valence-corrected chi connectivity index (χ4v) is 2.78. The molecule has 0 aliphatic carbocycles. The predicted molar refractivity (Wildman–Crippen MR) is 74.3 cm³/mol. The first-order valence-corrected chi connectivity index (χ1v) is 7.17. The Labute approximate surface area is 123 Å². The molecule has 5 heteroatoms. The Balaban J connectivity index is 1.87. The highest BCUT2D eigenvalue weighted by Gasteiger charge is 2.38. The highest BCUT2D eigenvalue weighted by Crippen LogP contribution is 2.38. The topological polar surface area (TPSA) is 27.0 Å².